The van der Waals surface area contributed by atoms with E-state index in [2.05, 4.69) is 22.2 Å². The van der Waals surface area contributed by atoms with Crippen molar-refractivity contribution in [1.82, 2.24) is 9.97 Å². The van der Waals surface area contributed by atoms with E-state index in [4.69, 9.17) is 0 Å². The molecule has 0 saturated heterocycles. The van der Waals surface area contributed by atoms with Gasteiger partial charge >= 0.3 is 0 Å². The van der Waals surface area contributed by atoms with Crippen molar-refractivity contribution < 1.29 is 4.79 Å². The molecule has 0 spiro atoms. The highest BCUT2D eigenvalue weighted by atomic mass is 16.1. The summed E-state index contributed by atoms with van der Waals surface area (Å²) in [5, 5.41) is 2.80. The van der Waals surface area contributed by atoms with Crippen LogP contribution in [0.1, 0.15) is 27.0 Å². The van der Waals surface area contributed by atoms with Crippen LogP contribution in [0.25, 0.3) is 11.0 Å². The number of hydrogen-bond acceptors (Lipinski definition) is 2. The molecule has 1 amide bonds. The number of H-pyrrole nitrogens is 1. The minimum atomic E-state index is -0.164. The highest BCUT2D eigenvalue weighted by Gasteiger charge is 2.09. The lowest BCUT2D eigenvalue weighted by molar-refractivity contribution is 0.102. The van der Waals surface area contributed by atoms with Gasteiger partial charge in [0.25, 0.3) is 5.91 Å². The van der Waals surface area contributed by atoms with Crippen molar-refractivity contribution >= 4 is 22.9 Å². The lowest BCUT2D eigenvalue weighted by Gasteiger charge is -2.01. The summed E-state index contributed by atoms with van der Waals surface area (Å²) in [7, 11) is 0. The largest absolute Gasteiger partial charge is 0.324 e. The van der Waals surface area contributed by atoms with Crippen LogP contribution in [0.2, 0.25) is 0 Å². The summed E-state index contributed by atoms with van der Waals surface area (Å²) in [4.78, 5) is 19.7. The number of fused-ring (bicyclic) bond motifs is 1. The third-order valence-electron chi connectivity index (χ3n) is 3.64. The second-order valence-electron chi connectivity index (χ2n) is 5.36. The van der Waals surface area contributed by atoms with Gasteiger partial charge in [0.1, 0.15) is 0 Å². The summed E-state index contributed by atoms with van der Waals surface area (Å²) in [6, 6.07) is 11.5. The summed E-state index contributed by atoms with van der Waals surface area (Å²) < 4.78 is 0. The van der Waals surface area contributed by atoms with Gasteiger partial charge in [-0.2, -0.15) is 0 Å². The molecule has 0 atom stereocenters. The Labute approximate surface area is 123 Å². The van der Waals surface area contributed by atoms with Gasteiger partial charge in [0.2, 0.25) is 5.95 Å². The Morgan fingerprint density at radius 2 is 1.71 bits per heavy atom. The molecule has 106 valence electrons. The molecule has 4 heteroatoms. The van der Waals surface area contributed by atoms with E-state index in [0.717, 1.165) is 16.6 Å². The number of carbonyl (C=O) groups is 1. The number of imidazole rings is 1. The first kappa shape index (κ1) is 13.4. The number of rotatable bonds is 2. The van der Waals surface area contributed by atoms with Gasteiger partial charge in [-0.1, -0.05) is 17.7 Å². The zero-order valence-corrected chi connectivity index (χ0v) is 12.3. The van der Waals surface area contributed by atoms with Crippen molar-refractivity contribution in [3.63, 3.8) is 0 Å². The van der Waals surface area contributed by atoms with E-state index in [0.29, 0.717) is 11.5 Å². The third-order valence-corrected chi connectivity index (χ3v) is 3.64. The Kier molecular flexibility index (Phi) is 3.22. The van der Waals surface area contributed by atoms with Gasteiger partial charge in [-0.05, 0) is 56.2 Å². The van der Waals surface area contributed by atoms with Crippen LogP contribution in [0, 0.1) is 20.8 Å². The smallest absolute Gasteiger partial charge is 0.257 e. The summed E-state index contributed by atoms with van der Waals surface area (Å²) in [6.07, 6.45) is 0. The topological polar surface area (TPSA) is 57.8 Å². The van der Waals surface area contributed by atoms with Crippen LogP contribution in [-0.4, -0.2) is 15.9 Å². The zero-order chi connectivity index (χ0) is 15.0. The molecule has 0 bridgehead atoms. The fourth-order valence-corrected chi connectivity index (χ4v) is 2.21. The maximum Gasteiger partial charge on any atom is 0.257 e. The number of carbonyl (C=O) groups excluding carboxylic acids is 1. The molecular weight excluding hydrogens is 262 g/mol. The van der Waals surface area contributed by atoms with Crippen LogP contribution in [0.3, 0.4) is 0 Å². The molecular formula is C17H17N3O. The molecule has 2 aromatic carbocycles. The van der Waals surface area contributed by atoms with Gasteiger partial charge in [-0.25, -0.2) is 4.98 Å². The van der Waals surface area contributed by atoms with Crippen LogP contribution in [0.5, 0.6) is 0 Å². The highest BCUT2D eigenvalue weighted by molar-refractivity contribution is 6.04. The molecule has 1 heterocycles. The average molecular weight is 279 g/mol. The van der Waals surface area contributed by atoms with E-state index in [1.807, 2.05) is 50.2 Å². The number of aromatic amines is 1. The first-order valence-corrected chi connectivity index (χ1v) is 6.88. The third kappa shape index (κ3) is 2.65. The SMILES string of the molecule is Cc1ccc(C(=O)Nc2nc3cc(C)c(C)cc3[nH]2)cc1. The van der Waals surface area contributed by atoms with Crippen LogP contribution < -0.4 is 5.32 Å². The number of anilines is 1. The molecule has 4 nitrogen and oxygen atoms in total. The molecule has 1 aromatic heterocycles. The molecule has 0 radical (unpaired) electrons. The molecule has 0 unspecified atom stereocenters. The predicted molar refractivity (Wildman–Crippen MR) is 84.7 cm³/mol. The van der Waals surface area contributed by atoms with Crippen molar-refractivity contribution in [3.8, 4) is 0 Å². The Balaban J connectivity index is 1.87. The number of nitrogens with one attached hydrogen (secondary N) is 2. The quantitative estimate of drug-likeness (QED) is 0.750. The molecule has 0 saturated carbocycles. The lowest BCUT2D eigenvalue weighted by Crippen LogP contribution is -2.12. The first-order chi connectivity index (χ1) is 10.0. The molecule has 0 aliphatic rings. The van der Waals surface area contributed by atoms with Crippen molar-refractivity contribution in [2.45, 2.75) is 20.8 Å². The van der Waals surface area contributed by atoms with Crippen molar-refractivity contribution in [1.29, 1.82) is 0 Å². The predicted octanol–water partition coefficient (Wildman–Crippen LogP) is 3.74. The Morgan fingerprint density at radius 3 is 2.43 bits per heavy atom. The lowest BCUT2D eigenvalue weighted by atomic mass is 10.1. The van der Waals surface area contributed by atoms with Gasteiger partial charge < -0.3 is 4.98 Å². The maximum absolute atomic E-state index is 12.2. The maximum atomic E-state index is 12.2. The number of aromatic nitrogens is 2. The first-order valence-electron chi connectivity index (χ1n) is 6.88. The van der Waals surface area contributed by atoms with E-state index < -0.39 is 0 Å². The van der Waals surface area contributed by atoms with E-state index in [1.54, 1.807) is 0 Å². The second-order valence-corrected chi connectivity index (χ2v) is 5.36. The van der Waals surface area contributed by atoms with Crippen molar-refractivity contribution in [3.05, 3.63) is 58.7 Å². The number of nitrogens with zero attached hydrogens (tertiary/aromatic N) is 1. The van der Waals surface area contributed by atoms with Crippen LogP contribution in [-0.2, 0) is 0 Å². The minimum absolute atomic E-state index is 0.164. The van der Waals surface area contributed by atoms with Crippen LogP contribution in [0.15, 0.2) is 36.4 Å². The fraction of sp³-hybridized carbons (Fsp3) is 0.176. The number of hydrogen-bond donors (Lipinski definition) is 2. The fourth-order valence-electron chi connectivity index (χ4n) is 2.21. The van der Waals surface area contributed by atoms with Gasteiger partial charge in [-0.15, -0.1) is 0 Å². The summed E-state index contributed by atoms with van der Waals surface area (Å²) in [5.41, 5.74) is 5.91. The minimum Gasteiger partial charge on any atom is -0.324 e. The highest BCUT2D eigenvalue weighted by Crippen LogP contribution is 2.19. The standard InChI is InChI=1S/C17H17N3O/c1-10-4-6-13(7-5-10)16(21)20-17-18-14-8-11(2)12(3)9-15(14)19-17/h4-9H,1-3H3,(H2,18,19,20,21). The molecule has 2 N–H and O–H groups in total. The van der Waals surface area contributed by atoms with E-state index >= 15 is 0 Å². The Bertz CT molecular complexity index is 777. The van der Waals surface area contributed by atoms with E-state index in [9.17, 15) is 4.79 Å². The van der Waals surface area contributed by atoms with Gasteiger partial charge in [0.15, 0.2) is 0 Å². The molecule has 3 aromatic rings. The summed E-state index contributed by atoms with van der Waals surface area (Å²) in [6.45, 7) is 6.10. The summed E-state index contributed by atoms with van der Waals surface area (Å²) >= 11 is 0. The van der Waals surface area contributed by atoms with Gasteiger partial charge in [0, 0.05) is 5.56 Å². The van der Waals surface area contributed by atoms with E-state index in [1.165, 1.54) is 11.1 Å². The Hall–Kier alpha value is -2.62. The number of aryl methyl sites for hydroxylation is 3. The average Bonchev–Trinajstić information content (AvgIpc) is 2.81. The van der Waals surface area contributed by atoms with E-state index in [-0.39, 0.29) is 5.91 Å². The molecule has 0 aliphatic heterocycles. The molecule has 0 aliphatic carbocycles. The normalized spacial score (nSPS) is 10.8. The monoisotopic (exact) mass is 279 g/mol. The molecule has 21 heavy (non-hydrogen) atoms. The molecule has 3 rings (SSSR count). The number of benzene rings is 2. The van der Waals surface area contributed by atoms with Crippen LogP contribution in [0.4, 0.5) is 5.95 Å². The van der Waals surface area contributed by atoms with Crippen molar-refractivity contribution in [2.75, 3.05) is 5.32 Å². The van der Waals surface area contributed by atoms with Crippen molar-refractivity contribution in [2.24, 2.45) is 0 Å². The van der Waals surface area contributed by atoms with Crippen LogP contribution >= 0.6 is 0 Å². The molecule has 0 fully saturated rings. The summed E-state index contributed by atoms with van der Waals surface area (Å²) in [5.74, 6) is 0.308. The second kappa shape index (κ2) is 5.05. The zero-order valence-electron chi connectivity index (χ0n) is 12.3. The van der Waals surface area contributed by atoms with Gasteiger partial charge in [-0.3, -0.25) is 10.1 Å². The Morgan fingerprint density at radius 1 is 1.05 bits per heavy atom. The van der Waals surface area contributed by atoms with Gasteiger partial charge in [0.05, 0.1) is 11.0 Å². The number of amides is 1.